The van der Waals surface area contributed by atoms with Gasteiger partial charge < -0.3 is 15.2 Å². The molecule has 0 aromatic heterocycles. The van der Waals surface area contributed by atoms with Crippen molar-refractivity contribution in [2.75, 3.05) is 6.54 Å². The zero-order valence-electron chi connectivity index (χ0n) is 11.7. The van der Waals surface area contributed by atoms with Gasteiger partial charge in [0.1, 0.15) is 0 Å². The van der Waals surface area contributed by atoms with E-state index in [1.54, 1.807) is 0 Å². The molecule has 2 saturated heterocycles. The lowest BCUT2D eigenvalue weighted by molar-refractivity contribution is -0.271. The van der Waals surface area contributed by atoms with Gasteiger partial charge in [0.2, 0.25) is 0 Å². The summed E-state index contributed by atoms with van der Waals surface area (Å²) in [4.78, 5) is 0. The number of hydrogen-bond acceptors (Lipinski definition) is 3. The highest BCUT2D eigenvalue weighted by Crippen LogP contribution is 2.50. The number of hydrogen-bond donors (Lipinski definition) is 1. The largest absolute Gasteiger partial charge is 0.349 e. The summed E-state index contributed by atoms with van der Waals surface area (Å²) < 4.78 is 12.3. The molecule has 0 bridgehead atoms. The maximum absolute atomic E-state index is 6.19. The maximum Gasteiger partial charge on any atom is 0.161 e. The van der Waals surface area contributed by atoms with E-state index in [2.05, 4.69) is 13.8 Å². The minimum atomic E-state index is 0.0162. The first-order valence-electron chi connectivity index (χ1n) is 7.71. The molecule has 0 aromatic carbocycles. The Morgan fingerprint density at radius 2 is 1.89 bits per heavy atom. The van der Waals surface area contributed by atoms with Gasteiger partial charge in [0.05, 0.1) is 12.2 Å². The van der Waals surface area contributed by atoms with Gasteiger partial charge in [-0.05, 0) is 50.4 Å². The van der Waals surface area contributed by atoms with Crippen molar-refractivity contribution in [1.29, 1.82) is 0 Å². The third-order valence-corrected chi connectivity index (χ3v) is 5.58. The topological polar surface area (TPSA) is 44.5 Å². The van der Waals surface area contributed by atoms with E-state index in [0.29, 0.717) is 24.5 Å². The zero-order chi connectivity index (χ0) is 12.7. The molecule has 3 fully saturated rings. The average molecular weight is 253 g/mol. The minimum Gasteiger partial charge on any atom is -0.349 e. The lowest BCUT2D eigenvalue weighted by Gasteiger charge is -2.50. The Bertz CT molecular complexity index is 296. The van der Waals surface area contributed by atoms with E-state index in [0.717, 1.165) is 11.8 Å². The van der Waals surface area contributed by atoms with Crippen LogP contribution in [0.25, 0.3) is 0 Å². The molecule has 3 heteroatoms. The molecule has 2 aliphatic heterocycles. The summed E-state index contributed by atoms with van der Waals surface area (Å²) >= 11 is 0. The second-order valence-electron chi connectivity index (χ2n) is 6.59. The van der Waals surface area contributed by atoms with Crippen molar-refractivity contribution >= 4 is 0 Å². The van der Waals surface area contributed by atoms with Crippen molar-refractivity contribution in [3.8, 4) is 0 Å². The van der Waals surface area contributed by atoms with Crippen LogP contribution in [-0.4, -0.2) is 25.0 Å². The lowest BCUT2D eigenvalue weighted by atomic mass is 9.64. The summed E-state index contributed by atoms with van der Waals surface area (Å²) in [6.45, 7) is 5.14. The van der Waals surface area contributed by atoms with Crippen LogP contribution >= 0.6 is 0 Å². The third kappa shape index (κ3) is 2.10. The Morgan fingerprint density at radius 3 is 2.67 bits per heavy atom. The number of ether oxygens (including phenoxy) is 2. The van der Waals surface area contributed by atoms with Gasteiger partial charge in [-0.25, -0.2) is 0 Å². The summed E-state index contributed by atoms with van der Waals surface area (Å²) in [6.07, 6.45) is 7.16. The van der Waals surface area contributed by atoms with E-state index in [1.165, 1.54) is 32.1 Å². The highest BCUT2D eigenvalue weighted by molar-refractivity contribution is 4.94. The second kappa shape index (κ2) is 5.10. The van der Waals surface area contributed by atoms with E-state index in [9.17, 15) is 0 Å². The fourth-order valence-electron chi connectivity index (χ4n) is 4.53. The predicted octanol–water partition coefficient (Wildman–Crippen LogP) is 2.54. The molecule has 1 saturated carbocycles. The molecule has 0 spiro atoms. The molecule has 5 unspecified atom stereocenters. The Hall–Kier alpha value is -0.120. The normalized spacial score (nSPS) is 52.5. The van der Waals surface area contributed by atoms with Crippen molar-refractivity contribution in [2.45, 2.75) is 64.4 Å². The molecule has 0 aromatic rings. The van der Waals surface area contributed by atoms with Crippen LogP contribution in [0.2, 0.25) is 0 Å². The SMILES string of the molecule is CC1CC[C@H]2CCCC3C2C(O1)O[C@@H](CN)C3C. The summed E-state index contributed by atoms with van der Waals surface area (Å²) in [5.41, 5.74) is 5.88. The Morgan fingerprint density at radius 1 is 1.06 bits per heavy atom. The quantitative estimate of drug-likeness (QED) is 0.781. The average Bonchev–Trinajstić information content (AvgIpc) is 2.54. The monoisotopic (exact) mass is 253 g/mol. The number of nitrogens with two attached hydrogens (primary N) is 1. The molecule has 3 nitrogen and oxygen atoms in total. The third-order valence-electron chi connectivity index (χ3n) is 5.58. The first-order chi connectivity index (χ1) is 8.70. The molecule has 18 heavy (non-hydrogen) atoms. The Kier molecular flexibility index (Phi) is 3.65. The highest BCUT2D eigenvalue weighted by atomic mass is 16.7. The van der Waals surface area contributed by atoms with E-state index in [4.69, 9.17) is 15.2 Å². The van der Waals surface area contributed by atoms with Crippen LogP contribution < -0.4 is 5.73 Å². The minimum absolute atomic E-state index is 0.0162. The van der Waals surface area contributed by atoms with E-state index < -0.39 is 0 Å². The van der Waals surface area contributed by atoms with Crippen LogP contribution in [0.15, 0.2) is 0 Å². The molecule has 0 amide bonds. The Balaban J connectivity index is 1.86. The predicted molar refractivity (Wildman–Crippen MR) is 71.0 cm³/mol. The zero-order valence-corrected chi connectivity index (χ0v) is 11.7. The first-order valence-corrected chi connectivity index (χ1v) is 7.71. The maximum atomic E-state index is 6.19. The molecule has 2 N–H and O–H groups in total. The molecule has 2 heterocycles. The summed E-state index contributed by atoms with van der Waals surface area (Å²) in [5, 5.41) is 0. The molecular weight excluding hydrogens is 226 g/mol. The lowest BCUT2D eigenvalue weighted by Crippen LogP contribution is -2.53. The number of rotatable bonds is 1. The van der Waals surface area contributed by atoms with Crippen molar-refractivity contribution in [2.24, 2.45) is 29.4 Å². The molecule has 7 atom stereocenters. The molecular formula is C15H27NO2. The van der Waals surface area contributed by atoms with E-state index in [-0.39, 0.29) is 12.4 Å². The van der Waals surface area contributed by atoms with Crippen LogP contribution in [0.4, 0.5) is 0 Å². The van der Waals surface area contributed by atoms with Crippen LogP contribution in [0, 0.1) is 23.7 Å². The van der Waals surface area contributed by atoms with Gasteiger partial charge in [0, 0.05) is 12.5 Å². The first kappa shape index (κ1) is 12.9. The van der Waals surface area contributed by atoms with Gasteiger partial charge in [-0.2, -0.15) is 0 Å². The second-order valence-corrected chi connectivity index (χ2v) is 6.59. The molecule has 3 aliphatic rings. The van der Waals surface area contributed by atoms with Crippen molar-refractivity contribution in [3.05, 3.63) is 0 Å². The summed E-state index contributed by atoms with van der Waals surface area (Å²) in [7, 11) is 0. The van der Waals surface area contributed by atoms with Crippen LogP contribution in [0.1, 0.15) is 46.0 Å². The molecule has 1 aliphatic carbocycles. The van der Waals surface area contributed by atoms with E-state index >= 15 is 0 Å². The molecule has 0 radical (unpaired) electrons. The van der Waals surface area contributed by atoms with Crippen molar-refractivity contribution in [1.82, 2.24) is 0 Å². The van der Waals surface area contributed by atoms with Crippen LogP contribution in [-0.2, 0) is 9.47 Å². The van der Waals surface area contributed by atoms with Gasteiger partial charge >= 0.3 is 0 Å². The van der Waals surface area contributed by atoms with Crippen molar-refractivity contribution in [3.63, 3.8) is 0 Å². The van der Waals surface area contributed by atoms with Crippen LogP contribution in [0.5, 0.6) is 0 Å². The highest BCUT2D eigenvalue weighted by Gasteiger charge is 2.49. The molecule has 104 valence electrons. The van der Waals surface area contributed by atoms with Gasteiger partial charge in [0.25, 0.3) is 0 Å². The summed E-state index contributed by atoms with van der Waals surface area (Å²) in [6, 6.07) is 0. The Labute approximate surface area is 110 Å². The van der Waals surface area contributed by atoms with Gasteiger partial charge in [-0.3, -0.25) is 0 Å². The van der Waals surface area contributed by atoms with Gasteiger partial charge in [-0.15, -0.1) is 0 Å². The van der Waals surface area contributed by atoms with Gasteiger partial charge in [0.15, 0.2) is 6.29 Å². The summed E-state index contributed by atoms with van der Waals surface area (Å²) in [5.74, 6) is 2.80. The van der Waals surface area contributed by atoms with Crippen molar-refractivity contribution < 1.29 is 9.47 Å². The fourth-order valence-corrected chi connectivity index (χ4v) is 4.53. The molecule has 3 rings (SSSR count). The standard InChI is InChI=1S/C15H27NO2/c1-9-6-7-11-4-3-5-12-10(2)13(8-16)18-15(17-9)14(11)12/h9-15H,3-8,16H2,1-2H3/t9?,10?,11-,12?,13+,14?,15?/m1/s1. The fraction of sp³-hybridized carbons (Fsp3) is 1.00. The van der Waals surface area contributed by atoms with Crippen LogP contribution in [0.3, 0.4) is 0 Å². The van der Waals surface area contributed by atoms with E-state index in [1.807, 2.05) is 0 Å². The smallest absolute Gasteiger partial charge is 0.161 e. The van der Waals surface area contributed by atoms with Gasteiger partial charge in [-0.1, -0.05) is 13.3 Å².